The van der Waals surface area contributed by atoms with Gasteiger partial charge in [0, 0.05) is 6.42 Å². The molecule has 114 valence electrons. The Morgan fingerprint density at radius 3 is 2.32 bits per heavy atom. The minimum absolute atomic E-state index is 0.0933. The number of amides is 1. The summed E-state index contributed by atoms with van der Waals surface area (Å²) in [6.07, 6.45) is 0.854. The standard InChI is InChI=1S/C18H19NO3/c1-13(20)18(15-5-3-2-4-6-15)19-17(22)12-9-14-7-10-16(21)11-8-14/h2-8,10-11,18,20-21H,1,9,12H2,(H,19,22)/t18-/m1/s1. The van der Waals surface area contributed by atoms with E-state index in [2.05, 4.69) is 11.9 Å². The summed E-state index contributed by atoms with van der Waals surface area (Å²) in [5.74, 6) is -0.0600. The van der Waals surface area contributed by atoms with E-state index in [1.807, 2.05) is 30.3 Å². The van der Waals surface area contributed by atoms with Gasteiger partial charge in [-0.1, -0.05) is 49.0 Å². The quantitative estimate of drug-likeness (QED) is 0.717. The molecule has 1 amide bonds. The van der Waals surface area contributed by atoms with Crippen LogP contribution in [-0.2, 0) is 11.2 Å². The number of aliphatic hydroxyl groups is 1. The number of aromatic hydroxyl groups is 1. The average molecular weight is 297 g/mol. The van der Waals surface area contributed by atoms with Gasteiger partial charge < -0.3 is 15.5 Å². The van der Waals surface area contributed by atoms with Crippen molar-refractivity contribution in [1.82, 2.24) is 5.32 Å². The van der Waals surface area contributed by atoms with E-state index in [9.17, 15) is 15.0 Å². The lowest BCUT2D eigenvalue weighted by molar-refractivity contribution is -0.121. The number of carbonyl (C=O) groups is 1. The van der Waals surface area contributed by atoms with Gasteiger partial charge in [0.25, 0.3) is 0 Å². The molecule has 22 heavy (non-hydrogen) atoms. The molecule has 4 nitrogen and oxygen atoms in total. The summed E-state index contributed by atoms with van der Waals surface area (Å²) in [5, 5.41) is 21.7. The first kappa shape index (κ1) is 15.6. The maximum absolute atomic E-state index is 12.1. The number of benzene rings is 2. The van der Waals surface area contributed by atoms with E-state index >= 15 is 0 Å². The van der Waals surface area contributed by atoms with Crippen LogP contribution in [0.1, 0.15) is 23.6 Å². The highest BCUT2D eigenvalue weighted by Gasteiger charge is 2.16. The lowest BCUT2D eigenvalue weighted by Gasteiger charge is -2.18. The second-order valence-corrected chi connectivity index (χ2v) is 5.07. The average Bonchev–Trinajstić information content (AvgIpc) is 2.52. The summed E-state index contributed by atoms with van der Waals surface area (Å²) in [7, 11) is 0. The van der Waals surface area contributed by atoms with Crippen LogP contribution in [0.5, 0.6) is 5.75 Å². The zero-order chi connectivity index (χ0) is 15.9. The fourth-order valence-electron chi connectivity index (χ4n) is 2.16. The molecule has 0 unspecified atom stereocenters. The number of rotatable bonds is 6. The molecule has 0 heterocycles. The molecule has 0 aromatic heterocycles. The Morgan fingerprint density at radius 2 is 1.73 bits per heavy atom. The van der Waals surface area contributed by atoms with Gasteiger partial charge in [0.1, 0.15) is 17.6 Å². The molecule has 0 spiro atoms. The van der Waals surface area contributed by atoms with Crippen LogP contribution < -0.4 is 5.32 Å². The van der Waals surface area contributed by atoms with Crippen molar-refractivity contribution in [3.8, 4) is 5.75 Å². The van der Waals surface area contributed by atoms with Gasteiger partial charge >= 0.3 is 0 Å². The number of hydrogen-bond donors (Lipinski definition) is 3. The molecule has 2 aromatic rings. The van der Waals surface area contributed by atoms with Crippen molar-refractivity contribution in [2.24, 2.45) is 0 Å². The molecule has 0 radical (unpaired) electrons. The Kier molecular flexibility index (Phi) is 5.20. The minimum Gasteiger partial charge on any atom is -0.510 e. The zero-order valence-corrected chi connectivity index (χ0v) is 12.2. The molecular weight excluding hydrogens is 278 g/mol. The fraction of sp³-hybridized carbons (Fsp3) is 0.167. The van der Waals surface area contributed by atoms with Crippen molar-refractivity contribution in [1.29, 1.82) is 0 Å². The first-order valence-corrected chi connectivity index (χ1v) is 7.06. The van der Waals surface area contributed by atoms with Gasteiger partial charge in [-0.25, -0.2) is 0 Å². The van der Waals surface area contributed by atoms with E-state index in [4.69, 9.17) is 0 Å². The van der Waals surface area contributed by atoms with Gasteiger partial charge in [-0.2, -0.15) is 0 Å². The van der Waals surface area contributed by atoms with Crippen LogP contribution in [-0.4, -0.2) is 16.1 Å². The van der Waals surface area contributed by atoms with Gasteiger partial charge in [-0.05, 0) is 29.7 Å². The fourth-order valence-corrected chi connectivity index (χ4v) is 2.16. The number of aliphatic hydroxyl groups excluding tert-OH is 1. The van der Waals surface area contributed by atoms with E-state index in [0.29, 0.717) is 12.8 Å². The number of nitrogens with one attached hydrogen (secondary N) is 1. The van der Waals surface area contributed by atoms with Crippen molar-refractivity contribution in [3.05, 3.63) is 78.1 Å². The van der Waals surface area contributed by atoms with Crippen molar-refractivity contribution in [2.75, 3.05) is 0 Å². The van der Waals surface area contributed by atoms with Gasteiger partial charge in [-0.3, -0.25) is 4.79 Å². The van der Waals surface area contributed by atoms with Crippen molar-refractivity contribution < 1.29 is 15.0 Å². The lowest BCUT2D eigenvalue weighted by atomic mass is 10.0. The van der Waals surface area contributed by atoms with Crippen molar-refractivity contribution in [3.63, 3.8) is 0 Å². The number of aryl methyl sites for hydroxylation is 1. The second-order valence-electron chi connectivity index (χ2n) is 5.07. The first-order valence-electron chi connectivity index (χ1n) is 7.06. The van der Waals surface area contributed by atoms with Crippen molar-refractivity contribution in [2.45, 2.75) is 18.9 Å². The molecule has 0 aliphatic rings. The van der Waals surface area contributed by atoms with Crippen LogP contribution >= 0.6 is 0 Å². The third kappa shape index (κ3) is 4.38. The summed E-state index contributed by atoms with van der Waals surface area (Å²) in [6.45, 7) is 3.53. The van der Waals surface area contributed by atoms with Crippen LogP contribution in [0.4, 0.5) is 0 Å². The Hall–Kier alpha value is -2.75. The molecule has 3 N–H and O–H groups in total. The third-order valence-electron chi connectivity index (χ3n) is 3.35. The number of phenols is 1. The van der Waals surface area contributed by atoms with Crippen LogP contribution in [0.3, 0.4) is 0 Å². The molecule has 0 aliphatic carbocycles. The minimum atomic E-state index is -0.603. The second kappa shape index (κ2) is 7.31. The van der Waals surface area contributed by atoms with Gasteiger partial charge in [-0.15, -0.1) is 0 Å². The molecule has 0 bridgehead atoms. The van der Waals surface area contributed by atoms with E-state index in [0.717, 1.165) is 11.1 Å². The molecule has 0 fully saturated rings. The Morgan fingerprint density at radius 1 is 1.09 bits per heavy atom. The third-order valence-corrected chi connectivity index (χ3v) is 3.35. The number of carbonyl (C=O) groups excluding carboxylic acids is 1. The van der Waals surface area contributed by atoms with Crippen molar-refractivity contribution >= 4 is 5.91 Å². The Labute approximate surface area is 129 Å². The van der Waals surface area contributed by atoms with Gasteiger partial charge in [0.15, 0.2) is 0 Å². The molecule has 2 aromatic carbocycles. The molecular formula is C18H19NO3. The van der Waals surface area contributed by atoms with Gasteiger partial charge in [0.05, 0.1) is 0 Å². The first-order chi connectivity index (χ1) is 10.6. The monoisotopic (exact) mass is 297 g/mol. The van der Waals surface area contributed by atoms with Gasteiger partial charge in [0.2, 0.25) is 5.91 Å². The van der Waals surface area contributed by atoms with E-state index in [-0.39, 0.29) is 17.4 Å². The summed E-state index contributed by atoms with van der Waals surface area (Å²) >= 11 is 0. The summed E-state index contributed by atoms with van der Waals surface area (Å²) in [5.41, 5.74) is 1.75. The van der Waals surface area contributed by atoms with Crippen LogP contribution in [0.2, 0.25) is 0 Å². The molecule has 1 atom stereocenters. The molecule has 4 heteroatoms. The summed E-state index contributed by atoms with van der Waals surface area (Å²) in [4.78, 5) is 12.1. The largest absolute Gasteiger partial charge is 0.510 e. The zero-order valence-electron chi connectivity index (χ0n) is 12.2. The SMILES string of the molecule is C=C(O)[C@@H](NC(=O)CCc1ccc(O)cc1)c1ccccc1. The van der Waals surface area contributed by atoms with E-state index < -0.39 is 6.04 Å². The summed E-state index contributed by atoms with van der Waals surface area (Å²) < 4.78 is 0. The maximum atomic E-state index is 12.1. The highest BCUT2D eigenvalue weighted by molar-refractivity contribution is 5.77. The smallest absolute Gasteiger partial charge is 0.221 e. The topological polar surface area (TPSA) is 69.6 Å². The predicted octanol–water partition coefficient (Wildman–Crippen LogP) is 3.25. The number of hydrogen-bond acceptors (Lipinski definition) is 3. The molecule has 2 rings (SSSR count). The van der Waals surface area contributed by atoms with E-state index in [1.54, 1.807) is 24.3 Å². The Balaban J connectivity index is 1.94. The molecule has 0 saturated carbocycles. The van der Waals surface area contributed by atoms with Crippen LogP contribution in [0.15, 0.2) is 66.9 Å². The normalized spacial score (nSPS) is 11.6. The number of phenolic OH excluding ortho intramolecular Hbond substituents is 1. The highest BCUT2D eigenvalue weighted by atomic mass is 16.3. The lowest BCUT2D eigenvalue weighted by Crippen LogP contribution is -2.29. The van der Waals surface area contributed by atoms with Crippen LogP contribution in [0.25, 0.3) is 0 Å². The summed E-state index contributed by atoms with van der Waals surface area (Å²) in [6, 6.07) is 15.3. The predicted molar refractivity (Wildman–Crippen MR) is 85.5 cm³/mol. The molecule has 0 saturated heterocycles. The Bertz CT molecular complexity index is 635. The maximum Gasteiger partial charge on any atom is 0.221 e. The van der Waals surface area contributed by atoms with Crippen LogP contribution in [0, 0.1) is 0 Å². The molecule has 0 aliphatic heterocycles. The van der Waals surface area contributed by atoms with E-state index in [1.165, 1.54) is 0 Å². The highest BCUT2D eigenvalue weighted by Crippen LogP contribution is 2.18.